The highest BCUT2D eigenvalue weighted by molar-refractivity contribution is 7.11. The van der Waals surface area contributed by atoms with Crippen LogP contribution in [0.25, 0.3) is 0 Å². The Bertz CT molecular complexity index is 299. The van der Waals surface area contributed by atoms with Crippen LogP contribution in [0, 0.1) is 13.8 Å². The first-order chi connectivity index (χ1) is 7.13. The zero-order valence-corrected chi connectivity index (χ0v) is 10.5. The van der Waals surface area contributed by atoms with E-state index in [1.807, 2.05) is 20.8 Å². The maximum absolute atomic E-state index is 9.36. The molecule has 0 bridgehead atoms. The molecule has 2 N–H and O–H groups in total. The fourth-order valence-corrected chi connectivity index (χ4v) is 2.32. The van der Waals surface area contributed by atoms with Gasteiger partial charge in [-0.25, -0.2) is 4.98 Å². The first-order valence-electron chi connectivity index (χ1n) is 5.45. The average Bonchev–Trinajstić information content (AvgIpc) is 2.52. The summed E-state index contributed by atoms with van der Waals surface area (Å²) in [5.41, 5.74) is 1.13. The number of thiazole rings is 1. The van der Waals surface area contributed by atoms with Gasteiger partial charge in [-0.3, -0.25) is 0 Å². The minimum absolute atomic E-state index is 0.165. The van der Waals surface area contributed by atoms with E-state index in [0.717, 1.165) is 36.6 Å². The van der Waals surface area contributed by atoms with E-state index in [1.54, 1.807) is 11.3 Å². The van der Waals surface area contributed by atoms with E-state index in [2.05, 4.69) is 10.3 Å². The summed E-state index contributed by atoms with van der Waals surface area (Å²) in [6.07, 6.45) is 1.50. The summed E-state index contributed by atoms with van der Waals surface area (Å²) in [6.45, 7) is 7.81. The van der Waals surface area contributed by atoms with Crippen molar-refractivity contribution in [3.8, 4) is 0 Å². The van der Waals surface area contributed by atoms with E-state index in [-0.39, 0.29) is 6.10 Å². The highest BCUT2D eigenvalue weighted by atomic mass is 32.1. The molecular weight excluding hydrogens is 208 g/mol. The first kappa shape index (κ1) is 12.6. The second-order valence-corrected chi connectivity index (χ2v) is 5.06. The molecule has 0 aliphatic carbocycles. The summed E-state index contributed by atoms with van der Waals surface area (Å²) in [5.74, 6) is 0. The molecule has 1 rings (SSSR count). The van der Waals surface area contributed by atoms with Crippen LogP contribution in [0.1, 0.15) is 35.3 Å². The normalized spacial score (nSPS) is 13.1. The van der Waals surface area contributed by atoms with Gasteiger partial charge in [0.05, 0.1) is 16.8 Å². The zero-order valence-electron chi connectivity index (χ0n) is 9.71. The molecule has 0 aliphatic heterocycles. The van der Waals surface area contributed by atoms with Crippen LogP contribution in [-0.4, -0.2) is 22.7 Å². The van der Waals surface area contributed by atoms with Crippen molar-refractivity contribution in [3.05, 3.63) is 15.6 Å². The second kappa shape index (κ2) is 6.20. The van der Waals surface area contributed by atoms with Crippen molar-refractivity contribution in [1.29, 1.82) is 0 Å². The predicted octanol–water partition coefficient (Wildman–Crippen LogP) is 2.01. The van der Waals surface area contributed by atoms with Gasteiger partial charge in [-0.2, -0.15) is 0 Å². The third kappa shape index (κ3) is 4.28. The molecule has 1 aromatic heterocycles. The summed E-state index contributed by atoms with van der Waals surface area (Å²) >= 11 is 1.74. The number of nitrogens with one attached hydrogen (secondary N) is 1. The molecule has 0 aliphatic rings. The van der Waals surface area contributed by atoms with Crippen molar-refractivity contribution in [2.75, 3.05) is 6.54 Å². The van der Waals surface area contributed by atoms with Crippen molar-refractivity contribution in [1.82, 2.24) is 10.3 Å². The number of rotatable bonds is 6. The number of hydrogen-bond donors (Lipinski definition) is 2. The molecule has 1 unspecified atom stereocenters. The van der Waals surface area contributed by atoms with Gasteiger partial charge in [0.2, 0.25) is 0 Å². The molecule has 0 radical (unpaired) electrons. The van der Waals surface area contributed by atoms with Crippen LogP contribution < -0.4 is 5.32 Å². The lowest BCUT2D eigenvalue weighted by Gasteiger charge is -2.07. The van der Waals surface area contributed by atoms with Crippen LogP contribution >= 0.6 is 11.3 Å². The van der Waals surface area contributed by atoms with Gasteiger partial charge in [-0.1, -0.05) is 6.92 Å². The lowest BCUT2D eigenvalue weighted by Crippen LogP contribution is -2.19. The fourth-order valence-electron chi connectivity index (χ4n) is 1.41. The number of hydrogen-bond acceptors (Lipinski definition) is 4. The Labute approximate surface area is 95.6 Å². The van der Waals surface area contributed by atoms with Gasteiger partial charge in [-0.15, -0.1) is 11.3 Å². The molecule has 0 amide bonds. The van der Waals surface area contributed by atoms with E-state index in [1.165, 1.54) is 4.88 Å². The van der Waals surface area contributed by atoms with Crippen molar-refractivity contribution >= 4 is 11.3 Å². The van der Waals surface area contributed by atoms with Crippen molar-refractivity contribution < 1.29 is 5.11 Å². The molecule has 1 heterocycles. The highest BCUT2D eigenvalue weighted by Gasteiger charge is 2.04. The SMILES string of the molecule is CCC(O)CCNCc1sc(C)nc1C. The van der Waals surface area contributed by atoms with Gasteiger partial charge in [-0.05, 0) is 33.2 Å². The van der Waals surface area contributed by atoms with E-state index in [0.29, 0.717) is 0 Å². The molecule has 86 valence electrons. The van der Waals surface area contributed by atoms with Crippen molar-refractivity contribution in [3.63, 3.8) is 0 Å². The molecule has 0 saturated carbocycles. The molecule has 15 heavy (non-hydrogen) atoms. The Morgan fingerprint density at radius 1 is 1.47 bits per heavy atom. The van der Waals surface area contributed by atoms with E-state index in [9.17, 15) is 5.11 Å². The maximum atomic E-state index is 9.36. The number of aryl methyl sites for hydroxylation is 2. The Balaban J connectivity index is 2.23. The van der Waals surface area contributed by atoms with E-state index in [4.69, 9.17) is 0 Å². The molecule has 1 atom stereocenters. The zero-order chi connectivity index (χ0) is 11.3. The third-order valence-electron chi connectivity index (χ3n) is 2.41. The lowest BCUT2D eigenvalue weighted by molar-refractivity contribution is 0.160. The van der Waals surface area contributed by atoms with Crippen LogP contribution in [0.5, 0.6) is 0 Å². The number of aliphatic hydroxyl groups is 1. The lowest BCUT2D eigenvalue weighted by atomic mass is 10.2. The van der Waals surface area contributed by atoms with Crippen LogP contribution in [-0.2, 0) is 6.54 Å². The van der Waals surface area contributed by atoms with Crippen LogP contribution in [0.15, 0.2) is 0 Å². The first-order valence-corrected chi connectivity index (χ1v) is 6.26. The topological polar surface area (TPSA) is 45.1 Å². The molecule has 0 saturated heterocycles. The third-order valence-corrected chi connectivity index (χ3v) is 3.48. The summed E-state index contributed by atoms with van der Waals surface area (Å²) in [7, 11) is 0. The Morgan fingerprint density at radius 2 is 2.20 bits per heavy atom. The van der Waals surface area contributed by atoms with Gasteiger partial charge >= 0.3 is 0 Å². The van der Waals surface area contributed by atoms with Crippen LogP contribution in [0.4, 0.5) is 0 Å². The van der Waals surface area contributed by atoms with Gasteiger partial charge < -0.3 is 10.4 Å². The van der Waals surface area contributed by atoms with Gasteiger partial charge in [0, 0.05) is 11.4 Å². The highest BCUT2D eigenvalue weighted by Crippen LogP contribution is 2.16. The average molecular weight is 228 g/mol. The predicted molar refractivity (Wildman–Crippen MR) is 64.2 cm³/mol. The summed E-state index contributed by atoms with van der Waals surface area (Å²) in [5, 5.41) is 13.8. The molecule has 0 spiro atoms. The van der Waals surface area contributed by atoms with Crippen molar-refractivity contribution in [2.45, 2.75) is 46.3 Å². The number of nitrogens with zero attached hydrogens (tertiary/aromatic N) is 1. The molecule has 0 aromatic carbocycles. The fraction of sp³-hybridized carbons (Fsp3) is 0.727. The Kier molecular flexibility index (Phi) is 5.22. The van der Waals surface area contributed by atoms with E-state index < -0.39 is 0 Å². The minimum atomic E-state index is -0.165. The maximum Gasteiger partial charge on any atom is 0.0900 e. The van der Waals surface area contributed by atoms with Gasteiger partial charge in [0.15, 0.2) is 0 Å². The molecule has 3 nitrogen and oxygen atoms in total. The summed E-state index contributed by atoms with van der Waals surface area (Å²) in [6, 6.07) is 0. The van der Waals surface area contributed by atoms with E-state index >= 15 is 0 Å². The Hall–Kier alpha value is -0.450. The molecule has 4 heteroatoms. The second-order valence-electron chi connectivity index (χ2n) is 3.77. The molecule has 0 fully saturated rings. The van der Waals surface area contributed by atoms with Crippen molar-refractivity contribution in [2.24, 2.45) is 0 Å². The summed E-state index contributed by atoms with van der Waals surface area (Å²) in [4.78, 5) is 5.67. The number of aliphatic hydroxyl groups excluding tert-OH is 1. The largest absolute Gasteiger partial charge is 0.393 e. The van der Waals surface area contributed by atoms with Gasteiger partial charge in [0.25, 0.3) is 0 Å². The Morgan fingerprint density at radius 3 is 2.73 bits per heavy atom. The van der Waals surface area contributed by atoms with Crippen LogP contribution in [0.2, 0.25) is 0 Å². The monoisotopic (exact) mass is 228 g/mol. The number of aromatic nitrogens is 1. The minimum Gasteiger partial charge on any atom is -0.393 e. The molecule has 1 aromatic rings. The standard InChI is InChI=1S/C11H20N2OS/c1-4-10(14)5-6-12-7-11-8(2)13-9(3)15-11/h10,12,14H,4-7H2,1-3H3. The quantitative estimate of drug-likeness (QED) is 0.732. The van der Waals surface area contributed by atoms with Crippen LogP contribution in [0.3, 0.4) is 0 Å². The smallest absolute Gasteiger partial charge is 0.0900 e. The summed E-state index contributed by atoms with van der Waals surface area (Å²) < 4.78 is 0. The van der Waals surface area contributed by atoms with Gasteiger partial charge in [0.1, 0.15) is 0 Å². The molecular formula is C11H20N2OS.